The quantitative estimate of drug-likeness (QED) is 0.242. The predicted octanol–water partition coefficient (Wildman–Crippen LogP) is 6.96. The second-order valence-electron chi connectivity index (χ2n) is 8.76. The van der Waals surface area contributed by atoms with Crippen molar-refractivity contribution in [3.8, 4) is 11.3 Å². The molecule has 0 spiro atoms. The molecule has 37 heavy (non-hydrogen) atoms. The van der Waals surface area contributed by atoms with Crippen LogP contribution in [0.15, 0.2) is 83.4 Å². The van der Waals surface area contributed by atoms with Gasteiger partial charge in [0.15, 0.2) is 5.11 Å². The lowest BCUT2D eigenvalue weighted by molar-refractivity contribution is -0.116. The van der Waals surface area contributed by atoms with Gasteiger partial charge in [0.2, 0.25) is 5.91 Å². The summed E-state index contributed by atoms with van der Waals surface area (Å²) in [6.07, 6.45) is 2.00. The first-order chi connectivity index (χ1) is 17.9. The Morgan fingerprint density at radius 2 is 1.89 bits per heavy atom. The monoisotopic (exact) mass is 550 g/mol. The molecule has 0 bridgehead atoms. The summed E-state index contributed by atoms with van der Waals surface area (Å²) in [4.78, 5) is 19.4. The van der Waals surface area contributed by atoms with E-state index in [1.807, 2.05) is 72.5 Å². The Kier molecular flexibility index (Phi) is 7.46. The van der Waals surface area contributed by atoms with Crippen molar-refractivity contribution in [2.45, 2.75) is 25.4 Å². The van der Waals surface area contributed by atoms with Gasteiger partial charge in [0.05, 0.1) is 21.8 Å². The van der Waals surface area contributed by atoms with E-state index < -0.39 is 0 Å². The highest BCUT2D eigenvalue weighted by Gasteiger charge is 2.41. The minimum Gasteiger partial charge on any atom is -0.459 e. The number of amides is 1. The van der Waals surface area contributed by atoms with E-state index in [-0.39, 0.29) is 24.4 Å². The lowest BCUT2D eigenvalue weighted by Gasteiger charge is -2.26. The van der Waals surface area contributed by atoms with Crippen LogP contribution in [-0.4, -0.2) is 27.4 Å². The number of furan rings is 1. The molecule has 0 unspecified atom stereocenters. The van der Waals surface area contributed by atoms with Gasteiger partial charge >= 0.3 is 0 Å². The number of carbonyl (C=O) groups excluding carboxylic acids is 1. The van der Waals surface area contributed by atoms with Crippen LogP contribution in [0.5, 0.6) is 0 Å². The molecule has 9 heteroatoms. The van der Waals surface area contributed by atoms with Crippen molar-refractivity contribution < 1.29 is 9.21 Å². The summed E-state index contributed by atoms with van der Waals surface area (Å²) in [5, 5.41) is 7.85. The highest BCUT2D eigenvalue weighted by atomic mass is 35.5. The molecule has 4 aromatic rings. The fraction of sp³-hybridized carbons (Fsp3) is 0.179. The number of hydrogen-bond acceptors (Lipinski definition) is 4. The van der Waals surface area contributed by atoms with Crippen molar-refractivity contribution in [3.63, 3.8) is 0 Å². The molecule has 1 fully saturated rings. The molecule has 1 saturated heterocycles. The molecule has 1 amide bonds. The standard InChI is InChI=1S/C28H24Cl2N4O2S/c1-17-6-2-3-7-21(17)32-25(35)13-15-34-27(26(33-28(34)37)22-8-4-5-14-31-22)24-12-11-23(36-24)18-9-10-19(29)20(30)16-18/h2-12,14,16,26-27H,13,15H2,1H3,(H,32,35)(H,33,37)/t26-,27-/m0/s1. The molecule has 6 nitrogen and oxygen atoms in total. The van der Waals surface area contributed by atoms with E-state index in [1.165, 1.54) is 0 Å². The summed E-state index contributed by atoms with van der Waals surface area (Å²) in [7, 11) is 0. The van der Waals surface area contributed by atoms with Gasteiger partial charge in [-0.25, -0.2) is 0 Å². The molecule has 5 rings (SSSR count). The van der Waals surface area contributed by atoms with Crippen LogP contribution in [-0.2, 0) is 4.79 Å². The summed E-state index contributed by atoms with van der Waals surface area (Å²) in [6.45, 7) is 2.37. The number of hydrogen-bond donors (Lipinski definition) is 2. The van der Waals surface area contributed by atoms with Crippen molar-refractivity contribution >= 4 is 52.1 Å². The third kappa shape index (κ3) is 5.49. The predicted molar refractivity (Wildman–Crippen MR) is 151 cm³/mol. The number of nitrogens with zero attached hydrogens (tertiary/aromatic N) is 2. The Bertz CT molecular complexity index is 1440. The molecule has 2 aromatic heterocycles. The lowest BCUT2D eigenvalue weighted by atomic mass is 10.0. The van der Waals surface area contributed by atoms with E-state index in [0.717, 1.165) is 22.5 Å². The highest BCUT2D eigenvalue weighted by molar-refractivity contribution is 7.80. The van der Waals surface area contributed by atoms with Crippen molar-refractivity contribution in [1.29, 1.82) is 0 Å². The molecular formula is C28H24Cl2N4O2S. The van der Waals surface area contributed by atoms with Crippen LogP contribution in [0.4, 0.5) is 5.69 Å². The van der Waals surface area contributed by atoms with Gasteiger partial charge in [-0.3, -0.25) is 9.78 Å². The van der Waals surface area contributed by atoms with Gasteiger partial charge in [-0.1, -0.05) is 47.5 Å². The number of benzene rings is 2. The van der Waals surface area contributed by atoms with Gasteiger partial charge < -0.3 is 20.0 Å². The van der Waals surface area contributed by atoms with E-state index >= 15 is 0 Å². The van der Waals surface area contributed by atoms with Crippen molar-refractivity contribution in [2.24, 2.45) is 0 Å². The molecule has 0 saturated carbocycles. The second kappa shape index (κ2) is 10.9. The smallest absolute Gasteiger partial charge is 0.226 e. The zero-order chi connectivity index (χ0) is 25.9. The first-order valence-corrected chi connectivity index (χ1v) is 13.0. The van der Waals surface area contributed by atoms with Crippen LogP contribution >= 0.6 is 35.4 Å². The Labute approximate surface area is 230 Å². The normalized spacial score (nSPS) is 17.1. The van der Waals surface area contributed by atoms with E-state index in [4.69, 9.17) is 39.8 Å². The topological polar surface area (TPSA) is 70.4 Å². The Morgan fingerprint density at radius 1 is 1.08 bits per heavy atom. The number of nitrogens with one attached hydrogen (secondary N) is 2. The van der Waals surface area contributed by atoms with E-state index in [9.17, 15) is 4.79 Å². The number of aryl methyl sites for hydroxylation is 1. The van der Waals surface area contributed by atoms with Crippen molar-refractivity contribution in [3.05, 3.63) is 106 Å². The Balaban J connectivity index is 1.41. The molecule has 2 aromatic carbocycles. The van der Waals surface area contributed by atoms with Gasteiger partial charge in [0.25, 0.3) is 0 Å². The van der Waals surface area contributed by atoms with Crippen LogP contribution in [0.1, 0.15) is 35.5 Å². The molecule has 2 N–H and O–H groups in total. The number of halogens is 2. The molecule has 0 aliphatic carbocycles. The van der Waals surface area contributed by atoms with Crippen LogP contribution in [0, 0.1) is 6.92 Å². The Morgan fingerprint density at radius 3 is 2.65 bits per heavy atom. The van der Waals surface area contributed by atoms with Crippen molar-refractivity contribution in [1.82, 2.24) is 15.2 Å². The third-order valence-corrected chi connectivity index (χ3v) is 7.41. The fourth-order valence-corrected chi connectivity index (χ4v) is 5.05. The molecule has 3 heterocycles. The maximum atomic E-state index is 12.8. The number of anilines is 1. The third-order valence-electron chi connectivity index (χ3n) is 6.32. The number of pyridine rings is 1. The SMILES string of the molecule is Cc1ccccc1NC(=O)CCN1C(=S)N[C@@H](c2ccccn2)[C@@H]1c1ccc(-c2ccc(Cl)c(Cl)c2)o1. The minimum atomic E-state index is -0.301. The zero-order valence-corrected chi connectivity index (χ0v) is 22.3. The van der Waals surface area contributed by atoms with Gasteiger partial charge in [0, 0.05) is 30.4 Å². The molecule has 188 valence electrons. The van der Waals surface area contributed by atoms with Gasteiger partial charge in [-0.2, -0.15) is 0 Å². The van der Waals surface area contributed by atoms with Crippen LogP contribution < -0.4 is 10.6 Å². The number of para-hydroxylation sites is 1. The average molecular weight is 551 g/mol. The second-order valence-corrected chi connectivity index (χ2v) is 9.97. The van der Waals surface area contributed by atoms with Crippen molar-refractivity contribution in [2.75, 3.05) is 11.9 Å². The van der Waals surface area contributed by atoms with Gasteiger partial charge in [0.1, 0.15) is 17.6 Å². The number of aromatic nitrogens is 1. The van der Waals surface area contributed by atoms with Crippen LogP contribution in [0.2, 0.25) is 10.0 Å². The molecule has 1 aliphatic heterocycles. The van der Waals surface area contributed by atoms with Gasteiger partial charge in [-0.15, -0.1) is 0 Å². The first kappa shape index (κ1) is 25.3. The summed E-state index contributed by atoms with van der Waals surface area (Å²) < 4.78 is 6.33. The minimum absolute atomic E-state index is 0.0897. The first-order valence-electron chi connectivity index (χ1n) is 11.8. The summed E-state index contributed by atoms with van der Waals surface area (Å²) in [5.41, 5.74) is 3.45. The summed E-state index contributed by atoms with van der Waals surface area (Å²) >= 11 is 18.0. The maximum Gasteiger partial charge on any atom is 0.226 e. The number of thiocarbonyl (C=S) groups is 1. The fourth-order valence-electron chi connectivity index (χ4n) is 4.42. The zero-order valence-electron chi connectivity index (χ0n) is 19.9. The van der Waals surface area contributed by atoms with Gasteiger partial charge in [-0.05, 0) is 73.2 Å². The average Bonchev–Trinajstić information content (AvgIpc) is 3.51. The van der Waals surface area contributed by atoms with E-state index in [2.05, 4.69) is 15.6 Å². The van der Waals surface area contributed by atoms with E-state index in [0.29, 0.717) is 33.2 Å². The number of carbonyl (C=O) groups is 1. The molecule has 0 radical (unpaired) electrons. The van der Waals surface area contributed by atoms with Crippen LogP contribution in [0.3, 0.4) is 0 Å². The summed E-state index contributed by atoms with van der Waals surface area (Å²) in [6, 6.07) is 22.1. The molecule has 2 atom stereocenters. The maximum absolute atomic E-state index is 12.8. The Hall–Kier alpha value is -3.39. The van der Waals surface area contributed by atoms with Crippen LogP contribution in [0.25, 0.3) is 11.3 Å². The molecule has 1 aliphatic rings. The molecular weight excluding hydrogens is 527 g/mol. The van der Waals surface area contributed by atoms with E-state index in [1.54, 1.807) is 18.3 Å². The summed E-state index contributed by atoms with van der Waals surface area (Å²) in [5.74, 6) is 1.26. The lowest BCUT2D eigenvalue weighted by Crippen LogP contribution is -2.32. The number of rotatable bonds is 7. The highest BCUT2D eigenvalue weighted by Crippen LogP contribution is 2.41. The largest absolute Gasteiger partial charge is 0.459 e.